The Morgan fingerprint density at radius 3 is 2.40 bits per heavy atom. The number of rotatable bonds is 6. The van der Waals surface area contributed by atoms with Gasteiger partial charge in [-0.15, -0.1) is 0 Å². The van der Waals surface area contributed by atoms with Crippen LogP contribution in [0.25, 0.3) is 0 Å². The summed E-state index contributed by atoms with van der Waals surface area (Å²) < 4.78 is 23.7. The van der Waals surface area contributed by atoms with Crippen molar-refractivity contribution in [2.45, 2.75) is 6.92 Å². The molecule has 0 aliphatic rings. The molecule has 5 nitrogen and oxygen atoms in total. The Balaban J connectivity index is 2.05. The molecule has 132 valence electrons. The van der Waals surface area contributed by atoms with Gasteiger partial charge in [0.15, 0.2) is 6.61 Å². The molecular formula is C18H17BrFNO4. The van der Waals surface area contributed by atoms with E-state index in [2.05, 4.69) is 20.7 Å². The van der Waals surface area contributed by atoms with E-state index in [9.17, 15) is 14.0 Å². The summed E-state index contributed by atoms with van der Waals surface area (Å²) in [4.78, 5) is 25.4. The molecule has 0 atom stereocenters. The van der Waals surface area contributed by atoms with Gasteiger partial charge < -0.3 is 14.4 Å². The van der Waals surface area contributed by atoms with E-state index in [0.29, 0.717) is 28.0 Å². The van der Waals surface area contributed by atoms with E-state index in [-0.39, 0.29) is 18.3 Å². The number of methoxy groups -OCH3 is 1. The van der Waals surface area contributed by atoms with Crippen LogP contribution in [0, 0.1) is 5.82 Å². The highest BCUT2D eigenvalue weighted by atomic mass is 79.9. The SMILES string of the molecule is CCN(C(=O)COc1ccc(C(=O)OC)cc1Br)c1ccc(F)cc1. The van der Waals surface area contributed by atoms with Gasteiger partial charge in [0.05, 0.1) is 17.1 Å². The average molecular weight is 410 g/mol. The van der Waals surface area contributed by atoms with Crippen LogP contribution >= 0.6 is 15.9 Å². The van der Waals surface area contributed by atoms with Crippen molar-refractivity contribution in [3.8, 4) is 5.75 Å². The summed E-state index contributed by atoms with van der Waals surface area (Å²) in [7, 11) is 1.30. The fourth-order valence-electron chi connectivity index (χ4n) is 2.20. The van der Waals surface area contributed by atoms with Gasteiger partial charge in [0.25, 0.3) is 5.91 Å². The molecule has 0 heterocycles. The lowest BCUT2D eigenvalue weighted by Crippen LogP contribution is -2.34. The standard InChI is InChI=1S/C18H17BrFNO4/c1-3-21(14-7-5-13(20)6-8-14)17(22)11-25-16-9-4-12(10-15(16)19)18(23)24-2/h4-10H,3,11H2,1-2H3. The average Bonchev–Trinajstić information content (AvgIpc) is 2.62. The van der Waals surface area contributed by atoms with Crippen molar-refractivity contribution in [2.24, 2.45) is 0 Å². The van der Waals surface area contributed by atoms with Gasteiger partial charge >= 0.3 is 5.97 Å². The van der Waals surface area contributed by atoms with Crippen LogP contribution in [0.4, 0.5) is 10.1 Å². The molecule has 0 saturated heterocycles. The number of carbonyl (C=O) groups is 2. The van der Waals surface area contributed by atoms with Gasteiger partial charge in [0.1, 0.15) is 11.6 Å². The van der Waals surface area contributed by atoms with E-state index in [4.69, 9.17) is 4.74 Å². The molecule has 0 aromatic heterocycles. The first-order valence-corrected chi connectivity index (χ1v) is 8.32. The van der Waals surface area contributed by atoms with Gasteiger partial charge in [-0.1, -0.05) is 0 Å². The van der Waals surface area contributed by atoms with Gasteiger partial charge in [-0.25, -0.2) is 9.18 Å². The van der Waals surface area contributed by atoms with Crippen molar-refractivity contribution < 1.29 is 23.5 Å². The number of likely N-dealkylation sites (N-methyl/N-ethyl adjacent to an activating group) is 1. The van der Waals surface area contributed by atoms with Crippen molar-refractivity contribution in [1.82, 2.24) is 0 Å². The highest BCUT2D eigenvalue weighted by molar-refractivity contribution is 9.10. The number of hydrogen-bond donors (Lipinski definition) is 0. The Labute approximate surface area is 153 Å². The largest absolute Gasteiger partial charge is 0.483 e. The fraction of sp³-hybridized carbons (Fsp3) is 0.222. The predicted molar refractivity (Wildman–Crippen MR) is 95.4 cm³/mol. The number of anilines is 1. The van der Waals surface area contributed by atoms with E-state index < -0.39 is 5.97 Å². The Morgan fingerprint density at radius 1 is 1.16 bits per heavy atom. The third-order valence-corrected chi connectivity index (χ3v) is 4.08. The highest BCUT2D eigenvalue weighted by Crippen LogP contribution is 2.26. The molecule has 0 saturated carbocycles. The first-order chi connectivity index (χ1) is 12.0. The second-order valence-corrected chi connectivity index (χ2v) is 5.89. The molecule has 25 heavy (non-hydrogen) atoms. The van der Waals surface area contributed by atoms with Crippen LogP contribution in [0.3, 0.4) is 0 Å². The van der Waals surface area contributed by atoms with E-state index in [1.807, 2.05) is 6.92 Å². The minimum atomic E-state index is -0.461. The van der Waals surface area contributed by atoms with Gasteiger partial charge in [0, 0.05) is 12.2 Å². The summed E-state index contributed by atoms with van der Waals surface area (Å²) in [6.45, 7) is 2.06. The molecule has 0 fully saturated rings. The second-order valence-electron chi connectivity index (χ2n) is 5.04. The summed E-state index contributed by atoms with van der Waals surface area (Å²) in [6.07, 6.45) is 0. The maximum atomic E-state index is 13.0. The number of hydrogen-bond acceptors (Lipinski definition) is 4. The van der Waals surface area contributed by atoms with E-state index in [1.165, 1.54) is 36.3 Å². The zero-order chi connectivity index (χ0) is 18.4. The van der Waals surface area contributed by atoms with Crippen LogP contribution in [0.5, 0.6) is 5.75 Å². The molecule has 0 aliphatic carbocycles. The molecule has 0 radical (unpaired) electrons. The minimum Gasteiger partial charge on any atom is -0.483 e. The molecule has 0 N–H and O–H groups in total. The van der Waals surface area contributed by atoms with Crippen molar-refractivity contribution in [3.63, 3.8) is 0 Å². The molecule has 7 heteroatoms. The third-order valence-electron chi connectivity index (χ3n) is 3.46. The maximum Gasteiger partial charge on any atom is 0.337 e. The molecule has 0 aliphatic heterocycles. The topological polar surface area (TPSA) is 55.8 Å². The molecule has 0 unspecified atom stereocenters. The van der Waals surface area contributed by atoms with E-state index in [0.717, 1.165) is 0 Å². The molecule has 2 aromatic rings. The van der Waals surface area contributed by atoms with Crippen LogP contribution in [-0.4, -0.2) is 32.1 Å². The summed E-state index contributed by atoms with van der Waals surface area (Å²) >= 11 is 3.30. The van der Waals surface area contributed by atoms with E-state index >= 15 is 0 Å². The summed E-state index contributed by atoms with van der Waals surface area (Å²) in [5.74, 6) is -0.663. The summed E-state index contributed by atoms with van der Waals surface area (Å²) in [5, 5.41) is 0. The van der Waals surface area contributed by atoms with Crippen LogP contribution in [0.15, 0.2) is 46.9 Å². The minimum absolute atomic E-state index is 0.193. The quantitative estimate of drug-likeness (QED) is 0.680. The maximum absolute atomic E-state index is 13.0. The smallest absolute Gasteiger partial charge is 0.337 e. The normalized spacial score (nSPS) is 10.2. The number of esters is 1. The molecule has 1 amide bonds. The Kier molecular flexibility index (Phi) is 6.52. The Morgan fingerprint density at radius 2 is 1.84 bits per heavy atom. The number of benzene rings is 2. The molecule has 2 aromatic carbocycles. The molecule has 0 bridgehead atoms. The lowest BCUT2D eigenvalue weighted by molar-refractivity contribution is -0.120. The van der Waals surface area contributed by atoms with Crippen LogP contribution < -0.4 is 9.64 Å². The van der Waals surface area contributed by atoms with Gasteiger partial charge in [-0.2, -0.15) is 0 Å². The lowest BCUT2D eigenvalue weighted by Gasteiger charge is -2.21. The second kappa shape index (κ2) is 8.62. The highest BCUT2D eigenvalue weighted by Gasteiger charge is 2.16. The Hall–Kier alpha value is -2.41. The van der Waals surface area contributed by atoms with Crippen LogP contribution in [0.1, 0.15) is 17.3 Å². The van der Waals surface area contributed by atoms with Gasteiger partial charge in [-0.3, -0.25) is 4.79 Å². The van der Waals surface area contributed by atoms with Crippen molar-refractivity contribution >= 4 is 33.5 Å². The van der Waals surface area contributed by atoms with Crippen LogP contribution in [0.2, 0.25) is 0 Å². The Bertz CT molecular complexity index is 764. The van der Waals surface area contributed by atoms with E-state index in [1.54, 1.807) is 18.2 Å². The van der Waals surface area contributed by atoms with Crippen molar-refractivity contribution in [1.29, 1.82) is 0 Å². The number of carbonyl (C=O) groups excluding carboxylic acids is 2. The van der Waals surface area contributed by atoms with Gasteiger partial charge in [0.2, 0.25) is 0 Å². The monoisotopic (exact) mass is 409 g/mol. The molecule has 0 spiro atoms. The van der Waals surface area contributed by atoms with Crippen LogP contribution in [-0.2, 0) is 9.53 Å². The third kappa shape index (κ3) is 4.79. The first-order valence-electron chi connectivity index (χ1n) is 7.52. The zero-order valence-corrected chi connectivity index (χ0v) is 15.4. The van der Waals surface area contributed by atoms with Crippen molar-refractivity contribution in [3.05, 3.63) is 58.3 Å². The predicted octanol–water partition coefficient (Wildman–Crippen LogP) is 3.81. The fourth-order valence-corrected chi connectivity index (χ4v) is 2.70. The zero-order valence-electron chi connectivity index (χ0n) is 13.8. The van der Waals surface area contributed by atoms with Crippen molar-refractivity contribution in [2.75, 3.05) is 25.2 Å². The number of halogens is 2. The molecular weight excluding hydrogens is 393 g/mol. The number of ether oxygens (including phenoxy) is 2. The summed E-state index contributed by atoms with van der Waals surface area (Å²) in [6, 6.07) is 10.4. The number of nitrogens with zero attached hydrogens (tertiary/aromatic N) is 1. The lowest BCUT2D eigenvalue weighted by atomic mass is 10.2. The van der Waals surface area contributed by atoms with Gasteiger partial charge in [-0.05, 0) is 65.3 Å². The first kappa shape index (κ1) is 18.9. The molecule has 2 rings (SSSR count). The number of amides is 1. The summed E-state index contributed by atoms with van der Waals surface area (Å²) in [5.41, 5.74) is 0.965.